The van der Waals surface area contributed by atoms with Crippen molar-refractivity contribution < 1.29 is 27.1 Å². The van der Waals surface area contributed by atoms with Crippen molar-refractivity contribution >= 4 is 16.9 Å². The van der Waals surface area contributed by atoms with Crippen molar-refractivity contribution in [1.82, 2.24) is 19.7 Å². The highest BCUT2D eigenvalue weighted by Gasteiger charge is 2.36. The molecule has 3 aromatic rings. The molecule has 1 aliphatic rings. The number of nitrogens with zero attached hydrogens (tertiary/aromatic N) is 4. The first kappa shape index (κ1) is 20.1. The summed E-state index contributed by atoms with van der Waals surface area (Å²) in [5.74, 6) is -1.22. The third-order valence-electron chi connectivity index (χ3n) is 4.95. The molecule has 4 rings (SSSR count). The Labute approximate surface area is 169 Å². The van der Waals surface area contributed by atoms with E-state index in [2.05, 4.69) is 10.1 Å². The van der Waals surface area contributed by atoms with Gasteiger partial charge in [-0.25, -0.2) is 9.07 Å². The second-order valence-electron chi connectivity index (χ2n) is 7.06. The molecule has 30 heavy (non-hydrogen) atoms. The summed E-state index contributed by atoms with van der Waals surface area (Å²) in [6.07, 6.45) is -2.92. The van der Waals surface area contributed by atoms with Gasteiger partial charge in [0.1, 0.15) is 5.82 Å². The van der Waals surface area contributed by atoms with E-state index in [1.165, 1.54) is 25.1 Å². The number of carbonyl (C=O) groups excluding carboxylic acids is 1. The summed E-state index contributed by atoms with van der Waals surface area (Å²) in [6.45, 7) is 2.22. The molecule has 0 bridgehead atoms. The Morgan fingerprint density at radius 3 is 2.60 bits per heavy atom. The van der Waals surface area contributed by atoms with Crippen molar-refractivity contribution in [2.45, 2.75) is 25.9 Å². The topological polar surface area (TPSA) is 60.2 Å². The number of hydrogen-bond donors (Lipinski definition) is 0. The van der Waals surface area contributed by atoms with Gasteiger partial charge in [-0.15, -0.1) is 0 Å². The third kappa shape index (κ3) is 3.81. The lowest BCUT2D eigenvalue weighted by Gasteiger charge is -2.16. The van der Waals surface area contributed by atoms with Crippen molar-refractivity contribution in [1.29, 1.82) is 0 Å². The zero-order valence-electron chi connectivity index (χ0n) is 16.0. The van der Waals surface area contributed by atoms with Crippen LogP contribution in [0.1, 0.15) is 24.1 Å². The summed E-state index contributed by atoms with van der Waals surface area (Å²) in [7, 11) is 0. The molecule has 0 unspecified atom stereocenters. The highest BCUT2D eigenvalue weighted by molar-refractivity contribution is 5.85. The molecule has 1 saturated heterocycles. The third-order valence-corrected chi connectivity index (χ3v) is 4.95. The SMILES string of the molecule is Cc1nn(-c2cccc(F)c2)c2nc(OCC(=O)N3CCCC3)cc(C(F)(F)F)c12. The average Bonchev–Trinajstić information content (AvgIpc) is 3.33. The van der Waals surface area contributed by atoms with Gasteiger partial charge in [0.05, 0.1) is 22.3 Å². The molecule has 3 heterocycles. The predicted octanol–water partition coefficient (Wildman–Crippen LogP) is 3.89. The number of likely N-dealkylation sites (tertiary alicyclic amines) is 1. The van der Waals surface area contributed by atoms with E-state index in [4.69, 9.17) is 4.74 Å². The lowest BCUT2D eigenvalue weighted by molar-refractivity contribution is -0.136. The highest BCUT2D eigenvalue weighted by atomic mass is 19.4. The van der Waals surface area contributed by atoms with Crippen LogP contribution in [0, 0.1) is 12.7 Å². The zero-order chi connectivity index (χ0) is 21.5. The fourth-order valence-electron chi connectivity index (χ4n) is 3.54. The smallest absolute Gasteiger partial charge is 0.417 e. The van der Waals surface area contributed by atoms with Gasteiger partial charge in [-0.1, -0.05) is 6.07 Å². The second kappa shape index (κ2) is 7.58. The molecule has 0 atom stereocenters. The van der Waals surface area contributed by atoms with Crippen LogP contribution in [0.25, 0.3) is 16.7 Å². The van der Waals surface area contributed by atoms with Gasteiger partial charge in [0.15, 0.2) is 12.3 Å². The maximum Gasteiger partial charge on any atom is 0.417 e. The molecular weight excluding hydrogens is 404 g/mol. The van der Waals surface area contributed by atoms with Crippen LogP contribution in [0.2, 0.25) is 0 Å². The van der Waals surface area contributed by atoms with Crippen molar-refractivity contribution in [3.63, 3.8) is 0 Å². The number of ether oxygens (including phenoxy) is 1. The summed E-state index contributed by atoms with van der Waals surface area (Å²) in [4.78, 5) is 17.9. The van der Waals surface area contributed by atoms with Crippen LogP contribution in [0.5, 0.6) is 5.88 Å². The standard InChI is InChI=1S/C20H18F4N4O2/c1-12-18-15(20(22,23)24)10-16(30-11-17(29)27-7-2-3-8-27)25-19(18)28(26-12)14-6-4-5-13(21)9-14/h4-6,9-10H,2-3,7-8,11H2,1H3. The Balaban J connectivity index is 1.77. The highest BCUT2D eigenvalue weighted by Crippen LogP contribution is 2.38. The Morgan fingerprint density at radius 2 is 1.93 bits per heavy atom. The maximum absolute atomic E-state index is 13.7. The molecule has 0 spiro atoms. The molecule has 2 aromatic heterocycles. The molecule has 1 fully saturated rings. The van der Waals surface area contributed by atoms with Gasteiger partial charge in [-0.3, -0.25) is 4.79 Å². The molecule has 0 N–H and O–H groups in total. The van der Waals surface area contributed by atoms with Crippen LogP contribution in [0.3, 0.4) is 0 Å². The number of rotatable bonds is 4. The normalized spacial score (nSPS) is 14.5. The molecule has 0 aliphatic carbocycles. The molecule has 0 saturated carbocycles. The minimum atomic E-state index is -4.70. The van der Waals surface area contributed by atoms with Gasteiger partial charge < -0.3 is 9.64 Å². The molecule has 6 nitrogen and oxygen atoms in total. The number of hydrogen-bond acceptors (Lipinski definition) is 4. The van der Waals surface area contributed by atoms with E-state index in [0.717, 1.165) is 29.7 Å². The van der Waals surface area contributed by atoms with E-state index >= 15 is 0 Å². The van der Waals surface area contributed by atoms with Crippen LogP contribution >= 0.6 is 0 Å². The van der Waals surface area contributed by atoms with E-state index in [0.29, 0.717) is 13.1 Å². The number of carbonyl (C=O) groups is 1. The minimum Gasteiger partial charge on any atom is -0.467 e. The van der Waals surface area contributed by atoms with Crippen LogP contribution < -0.4 is 4.74 Å². The van der Waals surface area contributed by atoms with Gasteiger partial charge >= 0.3 is 6.18 Å². The molecule has 1 aromatic carbocycles. The van der Waals surface area contributed by atoms with Gasteiger partial charge in [0, 0.05) is 19.2 Å². The van der Waals surface area contributed by atoms with Crippen molar-refractivity contribution in [3.8, 4) is 11.6 Å². The van der Waals surface area contributed by atoms with Crippen LogP contribution in [-0.4, -0.2) is 45.3 Å². The Bertz CT molecular complexity index is 1100. The predicted molar refractivity (Wildman–Crippen MR) is 99.9 cm³/mol. The summed E-state index contributed by atoms with van der Waals surface area (Å²) in [5, 5.41) is 3.93. The monoisotopic (exact) mass is 422 g/mol. The van der Waals surface area contributed by atoms with Crippen molar-refractivity contribution in [3.05, 3.63) is 47.4 Å². The van der Waals surface area contributed by atoms with E-state index in [1.54, 1.807) is 4.90 Å². The molecule has 158 valence electrons. The summed E-state index contributed by atoms with van der Waals surface area (Å²) >= 11 is 0. The van der Waals surface area contributed by atoms with E-state index in [-0.39, 0.29) is 34.2 Å². The fraction of sp³-hybridized carbons (Fsp3) is 0.350. The van der Waals surface area contributed by atoms with E-state index in [9.17, 15) is 22.4 Å². The number of aryl methyl sites for hydroxylation is 1. The number of fused-ring (bicyclic) bond motifs is 1. The molecule has 1 amide bonds. The lowest BCUT2D eigenvalue weighted by atomic mass is 10.1. The van der Waals surface area contributed by atoms with E-state index < -0.39 is 24.2 Å². The maximum atomic E-state index is 13.7. The minimum absolute atomic E-state index is 0.0915. The number of amides is 1. The number of halogens is 4. The number of pyridine rings is 1. The van der Waals surface area contributed by atoms with Crippen LogP contribution in [-0.2, 0) is 11.0 Å². The number of benzene rings is 1. The first-order valence-electron chi connectivity index (χ1n) is 9.38. The second-order valence-corrected chi connectivity index (χ2v) is 7.06. The summed E-state index contributed by atoms with van der Waals surface area (Å²) < 4.78 is 61.4. The van der Waals surface area contributed by atoms with Gasteiger partial charge in [0.25, 0.3) is 5.91 Å². The number of aromatic nitrogens is 3. The average molecular weight is 422 g/mol. The van der Waals surface area contributed by atoms with Crippen LogP contribution in [0.4, 0.5) is 17.6 Å². The molecule has 0 radical (unpaired) electrons. The first-order chi connectivity index (χ1) is 14.2. The fourth-order valence-corrected chi connectivity index (χ4v) is 3.54. The summed E-state index contributed by atoms with van der Waals surface area (Å²) in [5.41, 5.74) is -0.791. The van der Waals surface area contributed by atoms with Crippen molar-refractivity contribution in [2.24, 2.45) is 0 Å². The quantitative estimate of drug-likeness (QED) is 0.599. The zero-order valence-corrected chi connectivity index (χ0v) is 16.0. The van der Waals surface area contributed by atoms with Gasteiger partial charge in [-0.2, -0.15) is 23.3 Å². The lowest BCUT2D eigenvalue weighted by Crippen LogP contribution is -2.32. The Kier molecular flexibility index (Phi) is 5.08. The van der Waals surface area contributed by atoms with Gasteiger partial charge in [0.2, 0.25) is 5.88 Å². The molecule has 1 aliphatic heterocycles. The first-order valence-corrected chi connectivity index (χ1v) is 9.38. The Morgan fingerprint density at radius 1 is 1.20 bits per heavy atom. The molecule has 10 heteroatoms. The molecular formula is C20H18F4N4O2. The van der Waals surface area contributed by atoms with Gasteiger partial charge in [-0.05, 0) is 38.0 Å². The van der Waals surface area contributed by atoms with E-state index in [1.807, 2.05) is 0 Å². The largest absolute Gasteiger partial charge is 0.467 e. The van der Waals surface area contributed by atoms with Crippen LogP contribution in [0.15, 0.2) is 30.3 Å². The number of alkyl halides is 3. The Hall–Kier alpha value is -3.17. The van der Waals surface area contributed by atoms with Crippen molar-refractivity contribution in [2.75, 3.05) is 19.7 Å². The summed E-state index contributed by atoms with van der Waals surface area (Å²) in [6, 6.07) is 6.06.